The van der Waals surface area contributed by atoms with Crippen LogP contribution < -0.4 is 10.9 Å². The average molecular weight is 439 g/mol. The van der Waals surface area contributed by atoms with Crippen molar-refractivity contribution in [2.24, 2.45) is 0 Å². The molecule has 0 fully saturated rings. The second-order valence-electron chi connectivity index (χ2n) is 6.59. The molecule has 31 heavy (non-hydrogen) atoms. The van der Waals surface area contributed by atoms with Gasteiger partial charge in [-0.1, -0.05) is 29.8 Å². The van der Waals surface area contributed by atoms with E-state index in [1.54, 1.807) is 42.5 Å². The summed E-state index contributed by atoms with van der Waals surface area (Å²) in [4.78, 5) is 24.6. The van der Waals surface area contributed by atoms with Crippen molar-refractivity contribution in [3.05, 3.63) is 95.1 Å². The fraction of sp³-hybridized carbons (Fsp3) is 0.0455. The summed E-state index contributed by atoms with van der Waals surface area (Å²) in [5.74, 6) is -0.950. The predicted molar refractivity (Wildman–Crippen MR) is 112 cm³/mol. The molecule has 7 nitrogen and oxygen atoms in total. The maximum Gasteiger partial charge on any atom is 0.290 e. The van der Waals surface area contributed by atoms with Crippen molar-refractivity contribution in [3.8, 4) is 17.1 Å². The van der Waals surface area contributed by atoms with Crippen LogP contribution in [0.4, 0.5) is 4.39 Å². The smallest absolute Gasteiger partial charge is 0.290 e. The second-order valence-corrected chi connectivity index (χ2v) is 7.03. The molecule has 0 spiro atoms. The lowest BCUT2D eigenvalue weighted by atomic mass is 10.1. The summed E-state index contributed by atoms with van der Waals surface area (Å²) in [6, 6.07) is 17.5. The van der Waals surface area contributed by atoms with Gasteiger partial charge in [0, 0.05) is 11.1 Å². The van der Waals surface area contributed by atoms with Gasteiger partial charge in [0.25, 0.3) is 5.91 Å². The molecule has 2 aromatic heterocycles. The van der Waals surface area contributed by atoms with E-state index in [9.17, 15) is 14.0 Å². The number of halogens is 2. The van der Waals surface area contributed by atoms with E-state index < -0.39 is 11.8 Å². The van der Waals surface area contributed by atoms with Crippen LogP contribution in [0.25, 0.3) is 17.1 Å². The Morgan fingerprint density at radius 1 is 1.03 bits per heavy atom. The molecule has 4 rings (SSSR count). The van der Waals surface area contributed by atoms with Crippen molar-refractivity contribution in [2.45, 2.75) is 6.42 Å². The first-order valence-electron chi connectivity index (χ1n) is 9.23. The number of rotatable bonds is 5. The molecule has 0 bridgehead atoms. The normalized spacial score (nSPS) is 10.6. The zero-order valence-electron chi connectivity index (χ0n) is 16.0. The number of carbonyl (C=O) groups is 2. The lowest BCUT2D eigenvalue weighted by molar-refractivity contribution is -0.121. The number of amides is 2. The molecular formula is C22H16ClFN4O3. The van der Waals surface area contributed by atoms with Gasteiger partial charge in [0.15, 0.2) is 11.5 Å². The highest BCUT2D eigenvalue weighted by Gasteiger charge is 2.19. The van der Waals surface area contributed by atoms with E-state index >= 15 is 0 Å². The van der Waals surface area contributed by atoms with Gasteiger partial charge in [-0.3, -0.25) is 20.4 Å². The van der Waals surface area contributed by atoms with Gasteiger partial charge in [0.05, 0.1) is 18.4 Å². The molecule has 0 radical (unpaired) electrons. The Labute approximate surface area is 181 Å². The van der Waals surface area contributed by atoms with Crippen LogP contribution >= 0.6 is 11.6 Å². The number of benzene rings is 2. The molecule has 0 aliphatic heterocycles. The second kappa shape index (κ2) is 8.85. The number of aromatic nitrogens is 2. The SMILES string of the molecule is O=C(Cc1ccc(F)cc1)NNC(=O)c1cc(-c2ccco2)n(-c2cccc(Cl)c2)n1. The minimum Gasteiger partial charge on any atom is -0.463 e. The zero-order chi connectivity index (χ0) is 21.8. The van der Waals surface area contributed by atoms with Crippen molar-refractivity contribution in [2.75, 3.05) is 0 Å². The highest BCUT2D eigenvalue weighted by molar-refractivity contribution is 6.30. The lowest BCUT2D eigenvalue weighted by Gasteiger charge is -2.07. The van der Waals surface area contributed by atoms with Crippen molar-refractivity contribution in [1.82, 2.24) is 20.6 Å². The van der Waals surface area contributed by atoms with E-state index in [0.29, 0.717) is 27.7 Å². The van der Waals surface area contributed by atoms with E-state index in [0.717, 1.165) is 0 Å². The Balaban J connectivity index is 1.51. The van der Waals surface area contributed by atoms with E-state index in [1.165, 1.54) is 35.2 Å². The molecular weight excluding hydrogens is 423 g/mol. The van der Waals surface area contributed by atoms with E-state index in [1.807, 2.05) is 0 Å². The molecule has 2 amide bonds. The minimum atomic E-state index is -0.610. The highest BCUT2D eigenvalue weighted by Crippen LogP contribution is 2.25. The summed E-state index contributed by atoms with van der Waals surface area (Å²) in [5, 5.41) is 4.85. The van der Waals surface area contributed by atoms with Crippen LogP contribution in [0.15, 0.2) is 77.4 Å². The Hall–Kier alpha value is -3.91. The first-order valence-corrected chi connectivity index (χ1v) is 9.61. The van der Waals surface area contributed by atoms with Crippen molar-refractivity contribution in [1.29, 1.82) is 0 Å². The highest BCUT2D eigenvalue weighted by atomic mass is 35.5. The maximum atomic E-state index is 13.0. The Kier molecular flexibility index (Phi) is 5.81. The van der Waals surface area contributed by atoms with E-state index in [2.05, 4.69) is 16.0 Å². The van der Waals surface area contributed by atoms with Gasteiger partial charge in [-0.15, -0.1) is 0 Å². The number of hydrogen-bond donors (Lipinski definition) is 2. The Morgan fingerprint density at radius 2 is 1.84 bits per heavy atom. The third-order valence-electron chi connectivity index (χ3n) is 4.36. The average Bonchev–Trinajstić information content (AvgIpc) is 3.43. The lowest BCUT2D eigenvalue weighted by Crippen LogP contribution is -2.42. The molecule has 2 heterocycles. The van der Waals surface area contributed by atoms with Crippen LogP contribution in [-0.2, 0) is 11.2 Å². The first-order chi connectivity index (χ1) is 15.0. The molecule has 0 aliphatic carbocycles. The Morgan fingerprint density at radius 3 is 2.55 bits per heavy atom. The van der Waals surface area contributed by atoms with Crippen LogP contribution in [0.2, 0.25) is 5.02 Å². The summed E-state index contributed by atoms with van der Waals surface area (Å²) >= 11 is 6.09. The quantitative estimate of drug-likeness (QED) is 0.462. The predicted octanol–water partition coefficient (Wildman–Crippen LogP) is 3.93. The number of nitrogens with zero attached hydrogens (tertiary/aromatic N) is 2. The van der Waals surface area contributed by atoms with Gasteiger partial charge in [-0.25, -0.2) is 9.07 Å². The van der Waals surface area contributed by atoms with Crippen molar-refractivity contribution in [3.63, 3.8) is 0 Å². The fourth-order valence-corrected chi connectivity index (χ4v) is 3.10. The third kappa shape index (κ3) is 4.81. The molecule has 4 aromatic rings. The van der Waals surface area contributed by atoms with Crippen LogP contribution in [0, 0.1) is 5.82 Å². The summed E-state index contributed by atoms with van der Waals surface area (Å²) in [6.07, 6.45) is 1.50. The van der Waals surface area contributed by atoms with Crippen LogP contribution in [-0.4, -0.2) is 21.6 Å². The number of hydrogen-bond acceptors (Lipinski definition) is 4. The van der Waals surface area contributed by atoms with E-state index in [4.69, 9.17) is 16.0 Å². The molecule has 2 aromatic carbocycles. The largest absolute Gasteiger partial charge is 0.463 e. The van der Waals surface area contributed by atoms with Crippen LogP contribution in [0.3, 0.4) is 0 Å². The maximum absolute atomic E-state index is 13.0. The molecule has 0 atom stereocenters. The number of hydrazine groups is 1. The van der Waals surface area contributed by atoms with Crippen LogP contribution in [0.1, 0.15) is 16.1 Å². The molecule has 0 unspecified atom stereocenters. The number of carbonyl (C=O) groups excluding carboxylic acids is 2. The summed E-state index contributed by atoms with van der Waals surface area (Å²) in [6.45, 7) is 0. The summed E-state index contributed by atoms with van der Waals surface area (Å²) < 4.78 is 20.0. The van der Waals surface area contributed by atoms with Crippen LogP contribution in [0.5, 0.6) is 0 Å². The summed E-state index contributed by atoms with van der Waals surface area (Å²) in [5.41, 5.74) is 6.51. The molecule has 2 N–H and O–H groups in total. The monoisotopic (exact) mass is 438 g/mol. The molecule has 0 aliphatic rings. The molecule has 9 heteroatoms. The Bertz CT molecular complexity index is 1220. The fourth-order valence-electron chi connectivity index (χ4n) is 2.92. The zero-order valence-corrected chi connectivity index (χ0v) is 16.8. The van der Waals surface area contributed by atoms with Gasteiger partial charge >= 0.3 is 0 Å². The number of furan rings is 1. The first kappa shape index (κ1) is 20.4. The minimum absolute atomic E-state index is 0.0187. The third-order valence-corrected chi connectivity index (χ3v) is 4.60. The topological polar surface area (TPSA) is 89.2 Å². The standard InChI is InChI=1S/C22H16ClFN4O3/c23-15-3-1-4-17(12-15)28-19(20-5-2-10-31-20)13-18(27-28)22(30)26-25-21(29)11-14-6-8-16(24)9-7-14/h1-10,12-13H,11H2,(H,25,29)(H,26,30). The van der Waals surface area contributed by atoms with Crippen molar-refractivity contribution < 1.29 is 18.4 Å². The van der Waals surface area contributed by atoms with Crippen molar-refractivity contribution >= 4 is 23.4 Å². The molecule has 0 saturated heterocycles. The van der Waals surface area contributed by atoms with Gasteiger partial charge in [0.2, 0.25) is 5.91 Å². The summed E-state index contributed by atoms with van der Waals surface area (Å²) in [7, 11) is 0. The van der Waals surface area contributed by atoms with Gasteiger partial charge in [-0.05, 0) is 48.0 Å². The number of nitrogens with one attached hydrogen (secondary N) is 2. The molecule has 0 saturated carbocycles. The van der Waals surface area contributed by atoms with Gasteiger partial charge in [-0.2, -0.15) is 5.10 Å². The van der Waals surface area contributed by atoms with Gasteiger partial charge in [0.1, 0.15) is 11.5 Å². The van der Waals surface area contributed by atoms with E-state index in [-0.39, 0.29) is 17.9 Å². The molecule has 156 valence electrons. The van der Waals surface area contributed by atoms with Gasteiger partial charge < -0.3 is 4.42 Å².